The molecular weight excluding hydrogens is 238 g/mol. The summed E-state index contributed by atoms with van der Waals surface area (Å²) in [6, 6.07) is 5.56. The number of nitrogens with zero attached hydrogens (tertiary/aromatic N) is 2. The number of rotatable bonds is 4. The van der Waals surface area contributed by atoms with Gasteiger partial charge in [0.15, 0.2) is 0 Å². The number of aryl methyl sites for hydroxylation is 1. The van der Waals surface area contributed by atoms with Gasteiger partial charge < -0.3 is 10.5 Å². The Morgan fingerprint density at radius 3 is 2.94 bits per heavy atom. The van der Waals surface area contributed by atoms with Gasteiger partial charge in [-0.05, 0) is 30.7 Å². The highest BCUT2D eigenvalue weighted by molar-refractivity contribution is 6.30. The molecule has 0 radical (unpaired) electrons. The van der Waals surface area contributed by atoms with Crippen LogP contribution in [0.1, 0.15) is 5.56 Å². The van der Waals surface area contributed by atoms with Crippen molar-refractivity contribution in [3.05, 3.63) is 41.2 Å². The van der Waals surface area contributed by atoms with Gasteiger partial charge in [-0.15, -0.1) is 0 Å². The highest BCUT2D eigenvalue weighted by Gasteiger charge is 2.00. The summed E-state index contributed by atoms with van der Waals surface area (Å²) in [5, 5.41) is 4.79. The molecule has 1 aromatic heterocycles. The van der Waals surface area contributed by atoms with Gasteiger partial charge in [0.1, 0.15) is 12.4 Å². The Morgan fingerprint density at radius 1 is 1.47 bits per heavy atom. The normalized spacial score (nSPS) is 10.5. The lowest BCUT2D eigenvalue weighted by Gasteiger charge is -2.09. The van der Waals surface area contributed by atoms with Crippen molar-refractivity contribution in [2.75, 3.05) is 12.3 Å². The third kappa shape index (κ3) is 3.14. The molecule has 17 heavy (non-hydrogen) atoms. The van der Waals surface area contributed by atoms with Gasteiger partial charge >= 0.3 is 0 Å². The predicted molar refractivity (Wildman–Crippen MR) is 68.3 cm³/mol. The Hall–Kier alpha value is -1.68. The molecule has 0 fully saturated rings. The Bertz CT molecular complexity index is 510. The molecule has 5 heteroatoms. The lowest BCUT2D eigenvalue weighted by atomic mass is 10.2. The van der Waals surface area contributed by atoms with Gasteiger partial charge in [0, 0.05) is 11.2 Å². The minimum Gasteiger partial charge on any atom is -0.491 e. The van der Waals surface area contributed by atoms with E-state index in [2.05, 4.69) is 5.10 Å². The van der Waals surface area contributed by atoms with Crippen molar-refractivity contribution in [2.45, 2.75) is 13.5 Å². The standard InChI is InChI=1S/C12H14ClN3O/c1-9-6-10(13)2-3-12(9)17-5-4-16-8-11(14)7-15-16/h2-3,6-8H,4-5,14H2,1H3. The van der Waals surface area contributed by atoms with Crippen molar-refractivity contribution in [3.8, 4) is 5.75 Å². The van der Waals surface area contributed by atoms with Crippen LogP contribution in [0, 0.1) is 6.92 Å². The van der Waals surface area contributed by atoms with E-state index in [-0.39, 0.29) is 0 Å². The lowest BCUT2D eigenvalue weighted by molar-refractivity contribution is 0.289. The van der Waals surface area contributed by atoms with E-state index in [1.54, 1.807) is 17.1 Å². The first kappa shape index (κ1) is 11.8. The summed E-state index contributed by atoms with van der Waals surface area (Å²) in [7, 11) is 0. The maximum atomic E-state index is 5.87. The highest BCUT2D eigenvalue weighted by atomic mass is 35.5. The van der Waals surface area contributed by atoms with E-state index in [1.165, 1.54) is 0 Å². The zero-order valence-corrected chi connectivity index (χ0v) is 10.3. The molecule has 0 bridgehead atoms. The van der Waals surface area contributed by atoms with Crippen molar-refractivity contribution >= 4 is 17.3 Å². The largest absolute Gasteiger partial charge is 0.491 e. The molecule has 2 rings (SSSR count). The number of nitrogens with two attached hydrogens (primary N) is 1. The number of hydrogen-bond acceptors (Lipinski definition) is 3. The van der Waals surface area contributed by atoms with Gasteiger partial charge in [0.2, 0.25) is 0 Å². The average Bonchev–Trinajstić information content (AvgIpc) is 2.68. The Labute approximate surface area is 105 Å². The molecule has 4 nitrogen and oxygen atoms in total. The molecule has 0 saturated heterocycles. The SMILES string of the molecule is Cc1cc(Cl)ccc1OCCn1cc(N)cn1. The van der Waals surface area contributed by atoms with E-state index < -0.39 is 0 Å². The number of halogens is 1. The van der Waals surface area contributed by atoms with Crippen LogP contribution in [0.3, 0.4) is 0 Å². The van der Waals surface area contributed by atoms with Gasteiger partial charge in [-0.2, -0.15) is 5.10 Å². The maximum Gasteiger partial charge on any atom is 0.122 e. The molecule has 0 aliphatic carbocycles. The van der Waals surface area contributed by atoms with Gasteiger partial charge in [-0.3, -0.25) is 4.68 Å². The molecule has 0 aliphatic rings. The first-order valence-corrected chi connectivity index (χ1v) is 5.70. The summed E-state index contributed by atoms with van der Waals surface area (Å²) in [5.41, 5.74) is 7.25. The molecule has 0 aliphatic heterocycles. The fourth-order valence-electron chi connectivity index (χ4n) is 1.53. The third-order valence-corrected chi connectivity index (χ3v) is 2.60. The molecule has 0 amide bonds. The summed E-state index contributed by atoms with van der Waals surface area (Å²) in [6.45, 7) is 3.18. The van der Waals surface area contributed by atoms with Crippen molar-refractivity contribution in [2.24, 2.45) is 0 Å². The van der Waals surface area contributed by atoms with Crippen LogP contribution in [-0.4, -0.2) is 16.4 Å². The summed E-state index contributed by atoms with van der Waals surface area (Å²) >= 11 is 5.87. The van der Waals surface area contributed by atoms with Crippen LogP contribution in [0.15, 0.2) is 30.6 Å². The zero-order chi connectivity index (χ0) is 12.3. The van der Waals surface area contributed by atoms with E-state index in [1.807, 2.05) is 25.1 Å². The summed E-state index contributed by atoms with van der Waals surface area (Å²) in [4.78, 5) is 0. The second-order valence-electron chi connectivity index (χ2n) is 3.80. The molecule has 0 atom stereocenters. The number of nitrogen functional groups attached to an aromatic ring is 1. The van der Waals surface area contributed by atoms with Crippen molar-refractivity contribution in [1.29, 1.82) is 0 Å². The second-order valence-corrected chi connectivity index (χ2v) is 4.23. The number of ether oxygens (including phenoxy) is 1. The molecular formula is C12H14ClN3O. The molecule has 90 valence electrons. The lowest BCUT2D eigenvalue weighted by Crippen LogP contribution is -2.09. The van der Waals surface area contributed by atoms with Crippen LogP contribution in [0.4, 0.5) is 5.69 Å². The van der Waals surface area contributed by atoms with Gasteiger partial charge in [0.25, 0.3) is 0 Å². The first-order valence-electron chi connectivity index (χ1n) is 5.32. The number of anilines is 1. The Balaban J connectivity index is 1.90. The fourth-order valence-corrected chi connectivity index (χ4v) is 1.75. The van der Waals surface area contributed by atoms with E-state index >= 15 is 0 Å². The number of hydrogen-bond donors (Lipinski definition) is 1. The Morgan fingerprint density at radius 2 is 2.29 bits per heavy atom. The van der Waals surface area contributed by atoms with E-state index in [4.69, 9.17) is 22.1 Å². The summed E-state index contributed by atoms with van der Waals surface area (Å²) < 4.78 is 7.40. The molecule has 0 spiro atoms. The van der Waals surface area contributed by atoms with Crippen molar-refractivity contribution in [1.82, 2.24) is 9.78 Å². The quantitative estimate of drug-likeness (QED) is 0.908. The maximum absolute atomic E-state index is 5.87. The topological polar surface area (TPSA) is 53.1 Å². The number of benzene rings is 1. The van der Waals surface area contributed by atoms with E-state index in [0.29, 0.717) is 18.8 Å². The zero-order valence-electron chi connectivity index (χ0n) is 9.56. The van der Waals surface area contributed by atoms with Crippen LogP contribution < -0.4 is 10.5 Å². The minimum absolute atomic E-state index is 0.545. The van der Waals surface area contributed by atoms with Crippen LogP contribution in [0.2, 0.25) is 5.02 Å². The van der Waals surface area contributed by atoms with Crippen LogP contribution >= 0.6 is 11.6 Å². The van der Waals surface area contributed by atoms with E-state index in [0.717, 1.165) is 16.3 Å². The van der Waals surface area contributed by atoms with Crippen molar-refractivity contribution < 1.29 is 4.74 Å². The first-order chi connectivity index (χ1) is 8.15. The van der Waals surface area contributed by atoms with Crippen LogP contribution in [0.5, 0.6) is 5.75 Å². The smallest absolute Gasteiger partial charge is 0.122 e. The average molecular weight is 252 g/mol. The fraction of sp³-hybridized carbons (Fsp3) is 0.250. The number of aromatic nitrogens is 2. The van der Waals surface area contributed by atoms with Crippen LogP contribution in [-0.2, 0) is 6.54 Å². The molecule has 0 unspecified atom stereocenters. The van der Waals surface area contributed by atoms with Gasteiger partial charge in [-0.1, -0.05) is 11.6 Å². The van der Waals surface area contributed by atoms with Gasteiger partial charge in [-0.25, -0.2) is 0 Å². The van der Waals surface area contributed by atoms with Crippen LogP contribution in [0.25, 0.3) is 0 Å². The molecule has 2 N–H and O–H groups in total. The molecule has 1 heterocycles. The monoisotopic (exact) mass is 251 g/mol. The predicted octanol–water partition coefficient (Wildman–Crippen LogP) is 2.51. The summed E-state index contributed by atoms with van der Waals surface area (Å²) in [5.74, 6) is 0.842. The molecule has 2 aromatic rings. The minimum atomic E-state index is 0.545. The third-order valence-electron chi connectivity index (χ3n) is 2.37. The van der Waals surface area contributed by atoms with Gasteiger partial charge in [0.05, 0.1) is 18.4 Å². The van der Waals surface area contributed by atoms with E-state index in [9.17, 15) is 0 Å². The second kappa shape index (κ2) is 5.10. The molecule has 1 aromatic carbocycles. The molecule has 0 saturated carbocycles. The summed E-state index contributed by atoms with van der Waals surface area (Å²) in [6.07, 6.45) is 3.39. The Kier molecular flexibility index (Phi) is 3.54. The van der Waals surface area contributed by atoms with Crippen molar-refractivity contribution in [3.63, 3.8) is 0 Å². The highest BCUT2D eigenvalue weighted by Crippen LogP contribution is 2.21.